The van der Waals surface area contributed by atoms with Crippen molar-refractivity contribution < 1.29 is 9.53 Å². The molecule has 2 atom stereocenters. The summed E-state index contributed by atoms with van der Waals surface area (Å²) in [4.78, 5) is 10.4. The van der Waals surface area contributed by atoms with Gasteiger partial charge in [0.2, 0.25) is 0 Å². The molecule has 1 aliphatic rings. The van der Waals surface area contributed by atoms with Crippen LogP contribution in [0, 0.1) is 0 Å². The Morgan fingerprint density at radius 2 is 2.67 bits per heavy atom. The summed E-state index contributed by atoms with van der Waals surface area (Å²) in [5.74, 6) is 0. The number of carbonyl (C=O) groups is 1. The van der Waals surface area contributed by atoms with Crippen molar-refractivity contribution in [1.82, 2.24) is 5.32 Å². The molecule has 0 aromatic carbocycles. The van der Waals surface area contributed by atoms with Gasteiger partial charge in [0.05, 0.1) is 6.54 Å². The Morgan fingerprint density at radius 3 is 2.89 bits per heavy atom. The number of ether oxygens (including phenoxy) is 1. The molecular formula is C5H10N2O2. The van der Waals surface area contributed by atoms with E-state index in [1.807, 2.05) is 6.92 Å². The number of rotatable bonds is 1. The normalized spacial score (nSPS) is 29.1. The zero-order valence-electron chi connectivity index (χ0n) is 5.26. The van der Waals surface area contributed by atoms with E-state index in [1.165, 1.54) is 0 Å². The first-order chi connectivity index (χ1) is 4.20. The third-order valence-corrected chi connectivity index (χ3v) is 1.29. The summed E-state index contributed by atoms with van der Waals surface area (Å²) < 4.78 is 4.75. The number of cyclic esters (lactones) is 1. The Hall–Kier alpha value is -0.770. The van der Waals surface area contributed by atoms with E-state index in [2.05, 4.69) is 5.32 Å². The lowest BCUT2D eigenvalue weighted by Gasteiger charge is -2.09. The van der Waals surface area contributed by atoms with E-state index in [0.717, 1.165) is 0 Å². The van der Waals surface area contributed by atoms with Crippen LogP contribution in [0.5, 0.6) is 0 Å². The molecule has 0 spiro atoms. The topological polar surface area (TPSA) is 64.3 Å². The number of alkyl carbamates (subject to hydrolysis) is 1. The largest absolute Gasteiger partial charge is 0.443 e. The Labute approximate surface area is 53.4 Å². The van der Waals surface area contributed by atoms with Gasteiger partial charge in [-0.25, -0.2) is 4.79 Å². The van der Waals surface area contributed by atoms with Crippen molar-refractivity contribution in [2.24, 2.45) is 5.73 Å². The molecule has 0 unspecified atom stereocenters. The maximum Gasteiger partial charge on any atom is 0.407 e. The van der Waals surface area contributed by atoms with Crippen LogP contribution < -0.4 is 11.1 Å². The van der Waals surface area contributed by atoms with Crippen molar-refractivity contribution in [1.29, 1.82) is 0 Å². The fraction of sp³-hybridized carbons (Fsp3) is 0.800. The predicted octanol–water partition coefficient (Wildman–Crippen LogP) is -0.558. The average Bonchev–Trinajstić information content (AvgIpc) is 2.14. The molecular weight excluding hydrogens is 120 g/mol. The summed E-state index contributed by atoms with van der Waals surface area (Å²) in [5, 5.41) is 2.51. The molecule has 1 rings (SSSR count). The number of amides is 1. The van der Waals surface area contributed by atoms with E-state index in [0.29, 0.717) is 6.54 Å². The second-order valence-electron chi connectivity index (χ2n) is 2.18. The zero-order chi connectivity index (χ0) is 6.85. The lowest BCUT2D eigenvalue weighted by atomic mass is 10.2. The zero-order valence-corrected chi connectivity index (χ0v) is 5.26. The molecule has 52 valence electrons. The Balaban J connectivity index is 2.39. The van der Waals surface area contributed by atoms with Gasteiger partial charge in [-0.1, -0.05) is 0 Å². The molecule has 3 N–H and O–H groups in total. The lowest BCUT2D eigenvalue weighted by molar-refractivity contribution is 0.129. The number of hydrogen-bond acceptors (Lipinski definition) is 3. The molecule has 9 heavy (non-hydrogen) atoms. The molecule has 0 saturated carbocycles. The maximum absolute atomic E-state index is 10.4. The van der Waals surface area contributed by atoms with E-state index < -0.39 is 0 Å². The van der Waals surface area contributed by atoms with Gasteiger partial charge in [-0.15, -0.1) is 0 Å². The van der Waals surface area contributed by atoms with Gasteiger partial charge in [-0.2, -0.15) is 0 Å². The molecule has 1 fully saturated rings. The van der Waals surface area contributed by atoms with E-state index in [-0.39, 0.29) is 18.2 Å². The van der Waals surface area contributed by atoms with Crippen molar-refractivity contribution in [3.05, 3.63) is 0 Å². The number of nitrogens with two attached hydrogens (primary N) is 1. The first kappa shape index (κ1) is 6.35. The second-order valence-corrected chi connectivity index (χ2v) is 2.18. The maximum atomic E-state index is 10.4. The van der Waals surface area contributed by atoms with Crippen LogP contribution in [-0.2, 0) is 4.74 Å². The van der Waals surface area contributed by atoms with Crippen LogP contribution in [0.1, 0.15) is 6.92 Å². The molecule has 0 aromatic rings. The first-order valence-corrected chi connectivity index (χ1v) is 2.90. The van der Waals surface area contributed by atoms with Gasteiger partial charge in [-0.3, -0.25) is 0 Å². The first-order valence-electron chi connectivity index (χ1n) is 2.90. The average molecular weight is 130 g/mol. The van der Waals surface area contributed by atoms with Gasteiger partial charge < -0.3 is 15.8 Å². The third kappa shape index (κ3) is 1.32. The van der Waals surface area contributed by atoms with Crippen molar-refractivity contribution in [2.75, 3.05) is 6.54 Å². The van der Waals surface area contributed by atoms with E-state index in [1.54, 1.807) is 0 Å². The smallest absolute Gasteiger partial charge is 0.407 e. The van der Waals surface area contributed by atoms with Crippen molar-refractivity contribution in [3.63, 3.8) is 0 Å². The van der Waals surface area contributed by atoms with Crippen molar-refractivity contribution in [3.8, 4) is 0 Å². The van der Waals surface area contributed by atoms with Crippen LogP contribution in [0.3, 0.4) is 0 Å². The summed E-state index contributed by atoms with van der Waals surface area (Å²) in [7, 11) is 0. The Kier molecular flexibility index (Phi) is 1.57. The Morgan fingerprint density at radius 1 is 2.00 bits per heavy atom. The number of nitrogens with one attached hydrogen (secondary N) is 1. The molecule has 4 heteroatoms. The molecule has 0 radical (unpaired) electrons. The molecule has 0 aliphatic carbocycles. The summed E-state index contributed by atoms with van der Waals surface area (Å²) in [6, 6.07) is -0.0797. The van der Waals surface area contributed by atoms with Crippen LogP contribution >= 0.6 is 0 Å². The highest BCUT2D eigenvalue weighted by Gasteiger charge is 2.25. The third-order valence-electron chi connectivity index (χ3n) is 1.29. The molecule has 1 amide bonds. The highest BCUT2D eigenvalue weighted by atomic mass is 16.6. The molecule has 1 aliphatic heterocycles. The highest BCUT2D eigenvalue weighted by molar-refractivity contribution is 5.69. The summed E-state index contributed by atoms with van der Waals surface area (Å²) in [5.41, 5.74) is 5.44. The minimum absolute atomic E-state index is 0.0797. The van der Waals surface area contributed by atoms with Crippen LogP contribution in [-0.4, -0.2) is 24.8 Å². The Bertz CT molecular complexity index is 124. The lowest BCUT2D eigenvalue weighted by Crippen LogP contribution is -2.34. The molecule has 4 nitrogen and oxygen atoms in total. The fourth-order valence-corrected chi connectivity index (χ4v) is 0.698. The number of carbonyl (C=O) groups excluding carboxylic acids is 1. The van der Waals surface area contributed by atoms with Crippen LogP contribution in [0.4, 0.5) is 4.79 Å². The monoisotopic (exact) mass is 130 g/mol. The van der Waals surface area contributed by atoms with Crippen molar-refractivity contribution in [2.45, 2.75) is 19.1 Å². The summed E-state index contributed by atoms with van der Waals surface area (Å²) in [6.45, 7) is 2.35. The summed E-state index contributed by atoms with van der Waals surface area (Å²) >= 11 is 0. The van der Waals surface area contributed by atoms with Gasteiger partial charge in [-0.05, 0) is 6.92 Å². The number of hydrogen-bond donors (Lipinski definition) is 2. The van der Waals surface area contributed by atoms with Crippen LogP contribution in [0.25, 0.3) is 0 Å². The van der Waals surface area contributed by atoms with Crippen LogP contribution in [0.15, 0.2) is 0 Å². The van der Waals surface area contributed by atoms with Gasteiger partial charge in [0, 0.05) is 6.04 Å². The predicted molar refractivity (Wildman–Crippen MR) is 31.9 cm³/mol. The van der Waals surface area contributed by atoms with Crippen molar-refractivity contribution >= 4 is 6.09 Å². The molecule has 0 aromatic heterocycles. The van der Waals surface area contributed by atoms with E-state index in [4.69, 9.17) is 10.5 Å². The van der Waals surface area contributed by atoms with Gasteiger partial charge in [0.25, 0.3) is 0 Å². The molecule has 1 saturated heterocycles. The standard InChI is InChI=1S/C5H10N2O2/c1-3(6)4-2-7-5(8)9-4/h3-4H,2,6H2,1H3,(H,7,8)/t3-,4+/m0/s1. The minimum Gasteiger partial charge on any atom is -0.443 e. The van der Waals surface area contributed by atoms with Gasteiger partial charge >= 0.3 is 6.09 Å². The highest BCUT2D eigenvalue weighted by Crippen LogP contribution is 2.01. The van der Waals surface area contributed by atoms with E-state index >= 15 is 0 Å². The van der Waals surface area contributed by atoms with Crippen LogP contribution in [0.2, 0.25) is 0 Å². The molecule has 1 heterocycles. The minimum atomic E-state index is -0.364. The van der Waals surface area contributed by atoms with Gasteiger partial charge in [0.1, 0.15) is 6.10 Å². The van der Waals surface area contributed by atoms with Gasteiger partial charge in [0.15, 0.2) is 0 Å². The molecule has 0 bridgehead atoms. The summed E-state index contributed by atoms with van der Waals surface area (Å²) in [6.07, 6.45) is -0.505. The quantitative estimate of drug-likeness (QED) is 0.500. The second kappa shape index (κ2) is 2.23. The van der Waals surface area contributed by atoms with E-state index in [9.17, 15) is 4.79 Å². The fourth-order valence-electron chi connectivity index (χ4n) is 0.698. The SMILES string of the molecule is C[C@H](N)[C@H]1CNC(=O)O1.